The molecule has 1 amide bonds. The van der Waals surface area contributed by atoms with Gasteiger partial charge in [-0.15, -0.1) is 0 Å². The van der Waals surface area contributed by atoms with Crippen LogP contribution in [0.1, 0.15) is 29.3 Å². The van der Waals surface area contributed by atoms with Gasteiger partial charge in [-0.2, -0.15) is 0 Å². The van der Waals surface area contributed by atoms with Crippen LogP contribution < -0.4 is 14.8 Å². The molecule has 3 heterocycles. The summed E-state index contributed by atoms with van der Waals surface area (Å²) in [6.07, 6.45) is 2.25. The van der Waals surface area contributed by atoms with Crippen molar-refractivity contribution in [2.45, 2.75) is 18.9 Å². The van der Waals surface area contributed by atoms with Gasteiger partial charge in [0.25, 0.3) is 0 Å². The molecule has 1 atom stereocenters. The topological polar surface area (TPSA) is 64.9 Å². The number of amides is 1. The van der Waals surface area contributed by atoms with E-state index in [1.807, 2.05) is 34.9 Å². The van der Waals surface area contributed by atoms with E-state index in [1.165, 1.54) is 0 Å². The summed E-state index contributed by atoms with van der Waals surface area (Å²) in [5.74, 6) is 0.890. The molecule has 0 fully saturated rings. The van der Waals surface area contributed by atoms with E-state index in [0.29, 0.717) is 23.1 Å². The van der Waals surface area contributed by atoms with Gasteiger partial charge in [-0.1, -0.05) is 17.7 Å². The maximum absolute atomic E-state index is 12.3. The molecule has 26 heavy (non-hydrogen) atoms. The number of nitrogens with zero attached hydrogens (tertiary/aromatic N) is 2. The fraction of sp³-hybridized carbons (Fsp3) is 0.263. The van der Waals surface area contributed by atoms with Gasteiger partial charge in [-0.3, -0.25) is 4.79 Å². The molecule has 4 rings (SSSR count). The van der Waals surface area contributed by atoms with E-state index in [2.05, 4.69) is 10.3 Å². The van der Waals surface area contributed by atoms with E-state index in [9.17, 15) is 4.79 Å². The zero-order valence-electron chi connectivity index (χ0n) is 14.5. The summed E-state index contributed by atoms with van der Waals surface area (Å²) in [6, 6.07) is 9.41. The van der Waals surface area contributed by atoms with Crippen molar-refractivity contribution in [1.82, 2.24) is 14.7 Å². The third-order valence-electron chi connectivity index (χ3n) is 4.70. The van der Waals surface area contributed by atoms with E-state index in [1.54, 1.807) is 20.3 Å². The maximum Gasteiger partial charge on any atom is 0.221 e. The van der Waals surface area contributed by atoms with E-state index in [-0.39, 0.29) is 18.2 Å². The molecule has 1 aliphatic heterocycles. The van der Waals surface area contributed by atoms with Crippen LogP contribution in [0.3, 0.4) is 0 Å². The largest absolute Gasteiger partial charge is 0.496 e. The van der Waals surface area contributed by atoms with Crippen LogP contribution in [-0.4, -0.2) is 29.5 Å². The Bertz CT molecular complexity index is 999. The number of nitrogens with one attached hydrogen (secondary N) is 1. The summed E-state index contributed by atoms with van der Waals surface area (Å²) in [6.45, 7) is 0.401. The van der Waals surface area contributed by atoms with Crippen molar-refractivity contribution in [3.8, 4) is 11.5 Å². The highest BCUT2D eigenvalue weighted by Gasteiger charge is 2.31. The molecule has 1 N–H and O–H groups in total. The summed E-state index contributed by atoms with van der Waals surface area (Å²) in [7, 11) is 3.15. The van der Waals surface area contributed by atoms with Crippen LogP contribution in [0.4, 0.5) is 0 Å². The van der Waals surface area contributed by atoms with Crippen molar-refractivity contribution >= 4 is 23.2 Å². The maximum atomic E-state index is 12.3. The number of ether oxygens (including phenoxy) is 2. The van der Waals surface area contributed by atoms with Gasteiger partial charge in [0, 0.05) is 30.2 Å². The van der Waals surface area contributed by atoms with Crippen LogP contribution in [0.2, 0.25) is 5.02 Å². The van der Waals surface area contributed by atoms with Gasteiger partial charge in [-0.25, -0.2) is 4.98 Å². The van der Waals surface area contributed by atoms with Gasteiger partial charge < -0.3 is 19.2 Å². The van der Waals surface area contributed by atoms with Crippen molar-refractivity contribution in [2.75, 3.05) is 14.2 Å². The lowest BCUT2D eigenvalue weighted by atomic mass is 9.90. The van der Waals surface area contributed by atoms with E-state index in [4.69, 9.17) is 21.1 Å². The number of carbonyl (C=O) groups is 1. The number of carbonyl (C=O) groups excluding carboxylic acids is 1. The molecule has 134 valence electrons. The predicted octanol–water partition coefficient (Wildman–Crippen LogP) is 3.16. The molecule has 3 aromatic rings. The number of fused-ring (bicyclic) bond motifs is 3. The van der Waals surface area contributed by atoms with Gasteiger partial charge in [-0.05, 0) is 18.2 Å². The van der Waals surface area contributed by atoms with Crippen LogP contribution in [0.15, 0.2) is 36.5 Å². The highest BCUT2D eigenvalue weighted by atomic mass is 35.5. The molecule has 0 aliphatic carbocycles. The molecule has 0 unspecified atom stereocenters. The Morgan fingerprint density at radius 2 is 2.04 bits per heavy atom. The molecule has 1 aromatic carbocycles. The Kier molecular flexibility index (Phi) is 4.20. The lowest BCUT2D eigenvalue weighted by Crippen LogP contribution is -2.21. The van der Waals surface area contributed by atoms with Crippen LogP contribution in [0.25, 0.3) is 5.65 Å². The summed E-state index contributed by atoms with van der Waals surface area (Å²) in [5.41, 5.74) is 3.50. The van der Waals surface area contributed by atoms with Crippen molar-refractivity contribution < 1.29 is 14.3 Å². The number of imidazole rings is 1. The second-order valence-corrected chi connectivity index (χ2v) is 6.54. The number of rotatable bonds is 3. The third kappa shape index (κ3) is 2.66. The average molecular weight is 372 g/mol. The Morgan fingerprint density at radius 1 is 1.23 bits per heavy atom. The first kappa shape index (κ1) is 16.7. The van der Waals surface area contributed by atoms with Gasteiger partial charge in [0.2, 0.25) is 5.91 Å². The van der Waals surface area contributed by atoms with Crippen molar-refractivity contribution in [1.29, 1.82) is 0 Å². The highest BCUT2D eigenvalue weighted by Crippen LogP contribution is 2.42. The molecule has 0 saturated carbocycles. The second-order valence-electron chi connectivity index (χ2n) is 6.13. The minimum atomic E-state index is -0.233. The normalized spacial score (nSPS) is 16.7. The van der Waals surface area contributed by atoms with Crippen molar-refractivity contribution in [3.63, 3.8) is 0 Å². The Labute approximate surface area is 155 Å². The lowest BCUT2D eigenvalue weighted by Gasteiger charge is -2.20. The zero-order chi connectivity index (χ0) is 18.3. The molecule has 0 saturated heterocycles. The molecule has 7 heteroatoms. The quantitative estimate of drug-likeness (QED) is 0.768. The van der Waals surface area contributed by atoms with Crippen molar-refractivity contribution in [3.05, 3.63) is 58.5 Å². The first-order valence-corrected chi connectivity index (χ1v) is 8.64. The minimum Gasteiger partial charge on any atom is -0.496 e. The molecule has 1 aliphatic rings. The fourth-order valence-electron chi connectivity index (χ4n) is 3.51. The molecular weight excluding hydrogens is 354 g/mol. The molecule has 0 bridgehead atoms. The van der Waals surface area contributed by atoms with Gasteiger partial charge in [0.1, 0.15) is 17.1 Å². The number of halogens is 1. The monoisotopic (exact) mass is 371 g/mol. The molecular formula is C19H18ClN3O3. The highest BCUT2D eigenvalue weighted by molar-refractivity contribution is 6.32. The first-order valence-electron chi connectivity index (χ1n) is 8.26. The molecule has 0 spiro atoms. The van der Waals surface area contributed by atoms with E-state index in [0.717, 1.165) is 22.6 Å². The second kappa shape index (κ2) is 6.53. The van der Waals surface area contributed by atoms with Crippen molar-refractivity contribution in [2.24, 2.45) is 0 Å². The van der Waals surface area contributed by atoms with E-state index >= 15 is 0 Å². The number of benzene rings is 1. The summed E-state index contributed by atoms with van der Waals surface area (Å²) in [4.78, 5) is 17.0. The Hall–Kier alpha value is -2.73. The van der Waals surface area contributed by atoms with Crippen LogP contribution in [0, 0.1) is 0 Å². The predicted molar refractivity (Wildman–Crippen MR) is 98.1 cm³/mol. The Balaban J connectivity index is 1.96. The average Bonchev–Trinajstić information content (AvgIpc) is 2.94. The number of pyridine rings is 1. The number of hydrogen-bond acceptors (Lipinski definition) is 4. The molecule has 0 radical (unpaired) electrons. The molecule has 6 nitrogen and oxygen atoms in total. The van der Waals surface area contributed by atoms with Gasteiger partial charge in [0.05, 0.1) is 37.2 Å². The number of methoxy groups -OCH3 is 2. The summed E-state index contributed by atoms with van der Waals surface area (Å²) in [5, 5.41) is 3.40. The SMILES string of the molecule is COc1cc(OC)c([C@H]2CC(=O)NCc3nc4ccccn4c32)cc1Cl. The number of hydrogen-bond donors (Lipinski definition) is 1. The van der Waals surface area contributed by atoms with Gasteiger partial charge in [0.15, 0.2) is 0 Å². The van der Waals surface area contributed by atoms with Crippen LogP contribution in [0.5, 0.6) is 11.5 Å². The van der Waals surface area contributed by atoms with E-state index < -0.39 is 0 Å². The summed E-state index contributed by atoms with van der Waals surface area (Å²) >= 11 is 6.37. The minimum absolute atomic E-state index is 0.0355. The first-order chi connectivity index (χ1) is 12.6. The third-order valence-corrected chi connectivity index (χ3v) is 4.99. The van der Waals surface area contributed by atoms with Crippen LogP contribution in [-0.2, 0) is 11.3 Å². The standard InChI is InChI=1S/C19H18ClN3O3/c1-25-15-9-16(26-2)13(20)7-11(15)12-8-18(24)21-10-14-19(12)23-6-4-3-5-17(23)22-14/h3-7,9,12H,8,10H2,1-2H3,(H,21,24)/t12-/m1/s1. The van der Waals surface area contributed by atoms with Crippen LogP contribution >= 0.6 is 11.6 Å². The lowest BCUT2D eigenvalue weighted by molar-refractivity contribution is -0.121. The Morgan fingerprint density at radius 3 is 2.81 bits per heavy atom. The fourth-order valence-corrected chi connectivity index (χ4v) is 3.76. The van der Waals surface area contributed by atoms with Gasteiger partial charge >= 0.3 is 0 Å². The number of aromatic nitrogens is 2. The summed E-state index contributed by atoms with van der Waals surface area (Å²) < 4.78 is 12.9. The smallest absolute Gasteiger partial charge is 0.221 e. The molecule has 2 aromatic heterocycles. The zero-order valence-corrected chi connectivity index (χ0v) is 15.2.